The van der Waals surface area contributed by atoms with E-state index in [0.29, 0.717) is 24.6 Å². The highest BCUT2D eigenvalue weighted by Crippen LogP contribution is 2.20. The van der Waals surface area contributed by atoms with Gasteiger partial charge in [-0.3, -0.25) is 4.79 Å². The first-order valence-electron chi connectivity index (χ1n) is 11.0. The molecule has 0 bridgehead atoms. The van der Waals surface area contributed by atoms with Crippen LogP contribution in [0.25, 0.3) is 11.1 Å². The van der Waals surface area contributed by atoms with E-state index in [4.69, 9.17) is 0 Å². The Bertz CT molecular complexity index is 998. The maximum absolute atomic E-state index is 12.4. The second-order valence-electron chi connectivity index (χ2n) is 7.86. The molecule has 1 amide bonds. The normalized spacial score (nSPS) is 13.6. The molecular weight excluding hydrogens is 386 g/mol. The van der Waals surface area contributed by atoms with E-state index in [9.17, 15) is 4.79 Å². The van der Waals surface area contributed by atoms with Crippen molar-refractivity contribution in [2.45, 2.75) is 26.2 Å². The molecule has 3 aromatic rings. The zero-order valence-electron chi connectivity index (χ0n) is 18.0. The lowest BCUT2D eigenvalue weighted by Gasteiger charge is -2.28. The molecule has 0 spiro atoms. The average Bonchev–Trinajstić information content (AvgIpc) is 2.82. The van der Waals surface area contributed by atoms with Crippen molar-refractivity contribution in [3.63, 3.8) is 0 Å². The van der Waals surface area contributed by atoms with Crippen molar-refractivity contribution in [2.75, 3.05) is 36.4 Å². The van der Waals surface area contributed by atoms with Gasteiger partial charge in [0.25, 0.3) is 5.91 Å². The fraction of sp³-hybridized carbons (Fsp3) is 0.320. The second kappa shape index (κ2) is 10.1. The highest BCUT2D eigenvalue weighted by molar-refractivity contribution is 5.94. The maximum atomic E-state index is 12.4. The summed E-state index contributed by atoms with van der Waals surface area (Å²) in [6, 6.07) is 19.9. The first kappa shape index (κ1) is 20.8. The molecule has 2 N–H and O–H groups in total. The lowest BCUT2D eigenvalue weighted by Crippen LogP contribution is -2.31. The zero-order valence-corrected chi connectivity index (χ0v) is 18.0. The van der Waals surface area contributed by atoms with Crippen LogP contribution in [0.3, 0.4) is 0 Å². The summed E-state index contributed by atoms with van der Waals surface area (Å²) in [6.45, 7) is 5.15. The molecule has 0 unspecified atom stereocenters. The van der Waals surface area contributed by atoms with Crippen LogP contribution in [0.1, 0.15) is 35.3 Å². The van der Waals surface area contributed by atoms with Crippen molar-refractivity contribution in [3.8, 4) is 11.1 Å². The van der Waals surface area contributed by atoms with Gasteiger partial charge in [0.05, 0.1) is 0 Å². The molecule has 1 aliphatic heterocycles. The maximum Gasteiger partial charge on any atom is 0.251 e. The third kappa shape index (κ3) is 5.60. The van der Waals surface area contributed by atoms with E-state index in [1.54, 1.807) is 0 Å². The van der Waals surface area contributed by atoms with E-state index < -0.39 is 0 Å². The SMILES string of the molecule is Cc1cc(N2CCCCC2)nc(NCCNC(=O)c2ccc(-c3ccccc3)cc2)n1. The van der Waals surface area contributed by atoms with Crippen LogP contribution >= 0.6 is 0 Å². The molecule has 1 aromatic heterocycles. The molecule has 0 saturated carbocycles. The minimum atomic E-state index is -0.0828. The number of hydrogen-bond donors (Lipinski definition) is 2. The number of aryl methyl sites for hydroxylation is 1. The molecule has 1 aliphatic rings. The Labute approximate surface area is 183 Å². The second-order valence-corrected chi connectivity index (χ2v) is 7.86. The van der Waals surface area contributed by atoms with Gasteiger partial charge in [-0.25, -0.2) is 4.98 Å². The van der Waals surface area contributed by atoms with Gasteiger partial charge >= 0.3 is 0 Å². The Kier molecular flexibility index (Phi) is 6.77. The third-order valence-corrected chi connectivity index (χ3v) is 5.47. The monoisotopic (exact) mass is 415 g/mol. The summed E-state index contributed by atoms with van der Waals surface area (Å²) in [5.74, 6) is 1.51. The van der Waals surface area contributed by atoms with Crippen molar-refractivity contribution in [1.82, 2.24) is 15.3 Å². The van der Waals surface area contributed by atoms with E-state index in [1.165, 1.54) is 19.3 Å². The number of hydrogen-bond acceptors (Lipinski definition) is 5. The molecule has 0 atom stereocenters. The van der Waals surface area contributed by atoms with E-state index in [2.05, 4.69) is 37.6 Å². The minimum absolute atomic E-state index is 0.0828. The number of carbonyl (C=O) groups excluding carboxylic acids is 1. The van der Waals surface area contributed by atoms with Crippen LogP contribution in [0.4, 0.5) is 11.8 Å². The molecule has 160 valence electrons. The summed E-state index contributed by atoms with van der Waals surface area (Å²) < 4.78 is 0. The van der Waals surface area contributed by atoms with Gasteiger partial charge in [0.15, 0.2) is 0 Å². The first-order chi connectivity index (χ1) is 15.2. The van der Waals surface area contributed by atoms with Crippen molar-refractivity contribution < 1.29 is 4.79 Å². The number of anilines is 2. The number of nitrogens with one attached hydrogen (secondary N) is 2. The number of benzene rings is 2. The van der Waals surface area contributed by atoms with Gasteiger partial charge < -0.3 is 15.5 Å². The van der Waals surface area contributed by atoms with Gasteiger partial charge in [-0.15, -0.1) is 0 Å². The van der Waals surface area contributed by atoms with E-state index in [-0.39, 0.29) is 5.91 Å². The van der Waals surface area contributed by atoms with Crippen molar-refractivity contribution >= 4 is 17.7 Å². The molecule has 1 fully saturated rings. The first-order valence-corrected chi connectivity index (χ1v) is 11.0. The smallest absolute Gasteiger partial charge is 0.251 e. The lowest BCUT2D eigenvalue weighted by molar-refractivity contribution is 0.0955. The predicted octanol–water partition coefficient (Wildman–Crippen LogP) is 4.28. The molecule has 2 heterocycles. The van der Waals surface area contributed by atoms with Crippen molar-refractivity contribution in [3.05, 3.63) is 71.9 Å². The fourth-order valence-corrected chi connectivity index (χ4v) is 3.81. The summed E-state index contributed by atoms with van der Waals surface area (Å²) in [6.07, 6.45) is 3.72. The Hall–Kier alpha value is -3.41. The summed E-state index contributed by atoms with van der Waals surface area (Å²) in [5.41, 5.74) is 3.83. The van der Waals surface area contributed by atoms with Crippen LogP contribution in [-0.2, 0) is 0 Å². The molecule has 0 aliphatic carbocycles. The Balaban J connectivity index is 1.28. The van der Waals surface area contributed by atoms with Gasteiger partial charge in [-0.2, -0.15) is 4.98 Å². The molecule has 0 radical (unpaired) electrons. The number of rotatable bonds is 7. The minimum Gasteiger partial charge on any atom is -0.356 e. The lowest BCUT2D eigenvalue weighted by atomic mass is 10.0. The number of amides is 1. The van der Waals surface area contributed by atoms with Gasteiger partial charge in [-0.1, -0.05) is 42.5 Å². The Morgan fingerprint density at radius 2 is 1.61 bits per heavy atom. The molecule has 1 saturated heterocycles. The van der Waals surface area contributed by atoms with E-state index in [0.717, 1.165) is 35.7 Å². The number of nitrogens with zero attached hydrogens (tertiary/aromatic N) is 3. The number of piperidine rings is 1. The summed E-state index contributed by atoms with van der Waals surface area (Å²) in [7, 11) is 0. The van der Waals surface area contributed by atoms with E-state index in [1.807, 2.05) is 55.5 Å². The van der Waals surface area contributed by atoms with Crippen LogP contribution in [-0.4, -0.2) is 42.1 Å². The Morgan fingerprint density at radius 1 is 0.903 bits per heavy atom. The highest BCUT2D eigenvalue weighted by atomic mass is 16.1. The largest absolute Gasteiger partial charge is 0.356 e. The van der Waals surface area contributed by atoms with Crippen LogP contribution in [0.15, 0.2) is 60.7 Å². The fourth-order valence-electron chi connectivity index (χ4n) is 3.81. The summed E-state index contributed by atoms with van der Waals surface area (Å²) in [4.78, 5) is 23.9. The topological polar surface area (TPSA) is 70.2 Å². The van der Waals surface area contributed by atoms with Crippen LogP contribution < -0.4 is 15.5 Å². The van der Waals surface area contributed by atoms with Crippen molar-refractivity contribution in [2.24, 2.45) is 0 Å². The van der Waals surface area contributed by atoms with Gasteiger partial charge in [0.1, 0.15) is 5.82 Å². The average molecular weight is 416 g/mol. The van der Waals surface area contributed by atoms with Gasteiger partial charge in [0.2, 0.25) is 5.95 Å². The summed E-state index contributed by atoms with van der Waals surface area (Å²) >= 11 is 0. The Morgan fingerprint density at radius 3 is 2.35 bits per heavy atom. The molecule has 6 nitrogen and oxygen atoms in total. The standard InChI is InChI=1S/C25H29N5O/c1-19-18-23(30-16-6-3-7-17-30)29-25(28-19)27-15-14-26-24(31)22-12-10-21(11-13-22)20-8-4-2-5-9-20/h2,4-5,8-13,18H,3,6-7,14-17H2,1H3,(H,26,31)(H,27,28,29). The zero-order chi connectivity index (χ0) is 21.5. The molecule has 6 heteroatoms. The third-order valence-electron chi connectivity index (χ3n) is 5.47. The van der Waals surface area contributed by atoms with Crippen LogP contribution in [0, 0.1) is 6.92 Å². The quantitative estimate of drug-likeness (QED) is 0.564. The van der Waals surface area contributed by atoms with Gasteiger partial charge in [0, 0.05) is 43.5 Å². The molecular formula is C25H29N5O. The molecule has 31 heavy (non-hydrogen) atoms. The predicted molar refractivity (Wildman–Crippen MR) is 126 cm³/mol. The number of carbonyl (C=O) groups is 1. The van der Waals surface area contributed by atoms with Gasteiger partial charge in [-0.05, 0) is 49.4 Å². The summed E-state index contributed by atoms with van der Waals surface area (Å²) in [5, 5.41) is 6.19. The number of aromatic nitrogens is 2. The van der Waals surface area contributed by atoms with Crippen LogP contribution in [0.5, 0.6) is 0 Å². The van der Waals surface area contributed by atoms with Crippen molar-refractivity contribution in [1.29, 1.82) is 0 Å². The highest BCUT2D eigenvalue weighted by Gasteiger charge is 2.14. The molecule has 2 aromatic carbocycles. The van der Waals surface area contributed by atoms with E-state index >= 15 is 0 Å². The van der Waals surface area contributed by atoms with Crippen LogP contribution in [0.2, 0.25) is 0 Å². The molecule has 4 rings (SSSR count).